The van der Waals surface area contributed by atoms with Gasteiger partial charge in [-0.2, -0.15) is 0 Å². The number of amides is 2. The molecule has 4 rings (SSSR count). The van der Waals surface area contributed by atoms with E-state index in [1.54, 1.807) is 22.8 Å². The fourth-order valence-electron chi connectivity index (χ4n) is 3.09. The molecule has 26 heavy (non-hydrogen) atoms. The summed E-state index contributed by atoms with van der Waals surface area (Å²) in [6.45, 7) is 0. The summed E-state index contributed by atoms with van der Waals surface area (Å²) in [5, 5.41) is 6.00. The van der Waals surface area contributed by atoms with Crippen LogP contribution in [0.1, 0.15) is 12.5 Å². The van der Waals surface area contributed by atoms with Crippen molar-refractivity contribution in [3.63, 3.8) is 0 Å². The fraction of sp³-hybridized carbons (Fsp3) is 0.167. The minimum atomic E-state index is -0.727. The zero-order valence-corrected chi connectivity index (χ0v) is 14.6. The second-order valence-corrected chi connectivity index (χ2v) is 6.33. The second kappa shape index (κ2) is 6.34. The quantitative estimate of drug-likeness (QED) is 0.741. The molecule has 0 spiro atoms. The van der Waals surface area contributed by atoms with Crippen LogP contribution in [0.4, 0.5) is 11.6 Å². The topological polar surface area (TPSA) is 85.2 Å². The minimum absolute atomic E-state index is 0.0159. The molecule has 7 nitrogen and oxygen atoms in total. The standard InChI is InChI=1S/C18H15ClN4O3/c1-26-15-7-6-10(19)8-12(15)20-17(25)14-9-16(24)22-18-21-11-4-2-3-5-13(11)23(14)18/h2-8,14H,9H2,1H3,(H,20,25)(H,21,22,24)/t14-/m0/s1. The zero-order chi connectivity index (χ0) is 18.3. The van der Waals surface area contributed by atoms with E-state index in [0.29, 0.717) is 27.9 Å². The Morgan fingerprint density at radius 2 is 2.15 bits per heavy atom. The highest BCUT2D eigenvalue weighted by molar-refractivity contribution is 6.31. The Balaban J connectivity index is 1.74. The smallest absolute Gasteiger partial charge is 0.248 e. The van der Waals surface area contributed by atoms with Gasteiger partial charge in [0, 0.05) is 5.02 Å². The summed E-state index contributed by atoms with van der Waals surface area (Å²) in [5.41, 5.74) is 1.94. The number of carbonyl (C=O) groups excluding carboxylic acids is 2. The van der Waals surface area contributed by atoms with Gasteiger partial charge < -0.3 is 10.1 Å². The first-order valence-corrected chi connectivity index (χ1v) is 8.36. The molecule has 0 saturated carbocycles. The van der Waals surface area contributed by atoms with Gasteiger partial charge in [0.05, 0.1) is 30.3 Å². The van der Waals surface area contributed by atoms with Gasteiger partial charge >= 0.3 is 0 Å². The number of para-hydroxylation sites is 2. The van der Waals surface area contributed by atoms with Crippen molar-refractivity contribution in [1.29, 1.82) is 0 Å². The second-order valence-electron chi connectivity index (χ2n) is 5.90. The number of halogens is 1. The van der Waals surface area contributed by atoms with E-state index in [1.165, 1.54) is 7.11 Å². The number of fused-ring (bicyclic) bond motifs is 3. The minimum Gasteiger partial charge on any atom is -0.495 e. The summed E-state index contributed by atoms with van der Waals surface area (Å²) in [7, 11) is 1.51. The van der Waals surface area contributed by atoms with Gasteiger partial charge in [-0.25, -0.2) is 4.98 Å². The van der Waals surface area contributed by atoms with Gasteiger partial charge in [-0.15, -0.1) is 0 Å². The Morgan fingerprint density at radius 3 is 2.96 bits per heavy atom. The highest BCUT2D eigenvalue weighted by Gasteiger charge is 2.33. The normalized spacial score (nSPS) is 16.1. The number of nitrogens with one attached hydrogen (secondary N) is 2. The summed E-state index contributed by atoms with van der Waals surface area (Å²) in [4.78, 5) is 29.4. The van der Waals surface area contributed by atoms with Crippen molar-refractivity contribution >= 4 is 46.1 Å². The highest BCUT2D eigenvalue weighted by atomic mass is 35.5. The first-order valence-electron chi connectivity index (χ1n) is 7.98. The van der Waals surface area contributed by atoms with Crippen molar-refractivity contribution in [3.8, 4) is 5.75 Å². The van der Waals surface area contributed by atoms with E-state index in [9.17, 15) is 9.59 Å². The lowest BCUT2D eigenvalue weighted by molar-refractivity contribution is -0.124. The van der Waals surface area contributed by atoms with Gasteiger partial charge in [0.1, 0.15) is 11.8 Å². The van der Waals surface area contributed by atoms with E-state index in [2.05, 4.69) is 15.6 Å². The zero-order valence-electron chi connectivity index (χ0n) is 13.8. The molecule has 0 saturated heterocycles. The van der Waals surface area contributed by atoms with Crippen molar-refractivity contribution in [2.24, 2.45) is 0 Å². The van der Waals surface area contributed by atoms with Crippen molar-refractivity contribution < 1.29 is 14.3 Å². The number of methoxy groups -OCH3 is 1. The molecule has 2 N–H and O–H groups in total. The number of nitrogens with zero attached hydrogens (tertiary/aromatic N) is 2. The van der Waals surface area contributed by atoms with Crippen LogP contribution < -0.4 is 15.4 Å². The number of anilines is 2. The average molecular weight is 371 g/mol. The summed E-state index contributed by atoms with van der Waals surface area (Å²) in [5.74, 6) is 0.246. The third-order valence-corrected chi connectivity index (χ3v) is 4.49. The van der Waals surface area contributed by atoms with Crippen LogP contribution in [0.25, 0.3) is 11.0 Å². The summed E-state index contributed by atoms with van der Waals surface area (Å²) < 4.78 is 7.00. The predicted molar refractivity (Wildman–Crippen MR) is 98.7 cm³/mol. The molecule has 2 aromatic carbocycles. The summed E-state index contributed by atoms with van der Waals surface area (Å²) in [6, 6.07) is 11.6. The van der Waals surface area contributed by atoms with E-state index >= 15 is 0 Å². The van der Waals surface area contributed by atoms with E-state index < -0.39 is 6.04 Å². The summed E-state index contributed by atoms with van der Waals surface area (Å²) in [6.07, 6.45) is 0.0159. The third kappa shape index (κ3) is 2.76. The number of carbonyl (C=O) groups is 2. The van der Waals surface area contributed by atoms with Crippen LogP contribution in [0.2, 0.25) is 5.02 Å². The highest BCUT2D eigenvalue weighted by Crippen LogP contribution is 2.33. The van der Waals surface area contributed by atoms with E-state index in [-0.39, 0.29) is 18.2 Å². The van der Waals surface area contributed by atoms with Crippen LogP contribution in [0.15, 0.2) is 42.5 Å². The van der Waals surface area contributed by atoms with E-state index in [1.807, 2.05) is 24.3 Å². The van der Waals surface area contributed by atoms with Crippen LogP contribution in [-0.4, -0.2) is 28.5 Å². The third-order valence-electron chi connectivity index (χ3n) is 4.26. The Kier molecular flexibility index (Phi) is 4.00. The Morgan fingerprint density at radius 1 is 1.35 bits per heavy atom. The van der Waals surface area contributed by atoms with Gasteiger partial charge in [0.2, 0.25) is 17.8 Å². The largest absolute Gasteiger partial charge is 0.495 e. The number of aromatic nitrogens is 2. The lowest BCUT2D eigenvalue weighted by atomic mass is 10.1. The Hall–Kier alpha value is -3.06. The molecule has 1 aromatic heterocycles. The number of imidazole rings is 1. The fourth-order valence-corrected chi connectivity index (χ4v) is 3.27. The number of benzene rings is 2. The monoisotopic (exact) mass is 370 g/mol. The maximum absolute atomic E-state index is 13.0. The van der Waals surface area contributed by atoms with Crippen LogP contribution in [-0.2, 0) is 9.59 Å². The molecule has 1 atom stereocenters. The molecular weight excluding hydrogens is 356 g/mol. The molecule has 2 heterocycles. The van der Waals surface area contributed by atoms with Crippen LogP contribution >= 0.6 is 11.6 Å². The molecule has 0 unspecified atom stereocenters. The molecule has 8 heteroatoms. The van der Waals surface area contributed by atoms with Gasteiger partial charge in [-0.1, -0.05) is 23.7 Å². The summed E-state index contributed by atoms with van der Waals surface area (Å²) >= 11 is 6.02. The molecule has 0 fully saturated rings. The molecular formula is C18H15ClN4O3. The van der Waals surface area contributed by atoms with E-state index in [0.717, 1.165) is 5.52 Å². The van der Waals surface area contributed by atoms with Gasteiger partial charge in [-0.3, -0.25) is 19.5 Å². The maximum Gasteiger partial charge on any atom is 0.248 e. The lowest BCUT2D eigenvalue weighted by Gasteiger charge is -2.25. The molecule has 0 aliphatic carbocycles. The van der Waals surface area contributed by atoms with Crippen molar-refractivity contribution in [2.45, 2.75) is 12.5 Å². The lowest BCUT2D eigenvalue weighted by Crippen LogP contribution is -2.35. The first-order chi connectivity index (χ1) is 12.6. The van der Waals surface area contributed by atoms with Gasteiger partial charge in [0.15, 0.2) is 0 Å². The Labute approximate surface area is 153 Å². The number of ether oxygens (including phenoxy) is 1. The number of hydrogen-bond acceptors (Lipinski definition) is 4. The molecule has 0 bridgehead atoms. The molecule has 3 aromatic rings. The number of rotatable bonds is 3. The van der Waals surface area contributed by atoms with Crippen molar-refractivity contribution in [1.82, 2.24) is 9.55 Å². The molecule has 132 valence electrons. The predicted octanol–water partition coefficient (Wildman–Crippen LogP) is 3.22. The average Bonchev–Trinajstić information content (AvgIpc) is 2.99. The molecule has 1 aliphatic heterocycles. The van der Waals surface area contributed by atoms with Crippen LogP contribution in [0.3, 0.4) is 0 Å². The first kappa shape index (κ1) is 16.4. The molecule has 1 aliphatic rings. The molecule has 0 radical (unpaired) electrons. The van der Waals surface area contributed by atoms with E-state index in [4.69, 9.17) is 16.3 Å². The van der Waals surface area contributed by atoms with Crippen molar-refractivity contribution in [2.75, 3.05) is 17.7 Å². The van der Waals surface area contributed by atoms with Crippen LogP contribution in [0.5, 0.6) is 5.75 Å². The van der Waals surface area contributed by atoms with Crippen molar-refractivity contribution in [3.05, 3.63) is 47.5 Å². The maximum atomic E-state index is 13.0. The number of hydrogen-bond donors (Lipinski definition) is 2. The molecule has 2 amide bonds. The Bertz CT molecular complexity index is 1030. The van der Waals surface area contributed by atoms with Gasteiger partial charge in [0.25, 0.3) is 0 Å². The SMILES string of the molecule is COc1ccc(Cl)cc1NC(=O)[C@@H]1CC(=O)Nc2nc3ccccc3n21. The van der Waals surface area contributed by atoms with Crippen LogP contribution in [0, 0.1) is 0 Å². The van der Waals surface area contributed by atoms with Gasteiger partial charge in [-0.05, 0) is 30.3 Å².